The molecule has 0 aliphatic rings. The first-order valence-corrected chi connectivity index (χ1v) is 5.64. The molecule has 0 aliphatic carbocycles. The molecule has 3 nitrogen and oxygen atoms in total. The molecule has 0 radical (unpaired) electrons. The summed E-state index contributed by atoms with van der Waals surface area (Å²) >= 11 is 0. The number of rotatable bonds is 3. The Labute approximate surface area is 109 Å². The number of benzene rings is 2. The third-order valence-electron chi connectivity index (χ3n) is 2.51. The summed E-state index contributed by atoms with van der Waals surface area (Å²) in [7, 11) is 0. The van der Waals surface area contributed by atoms with E-state index in [1.165, 1.54) is 18.2 Å². The zero-order chi connectivity index (χ0) is 13.8. The summed E-state index contributed by atoms with van der Waals surface area (Å²) in [6.45, 7) is 0. The Morgan fingerprint density at radius 2 is 1.89 bits per heavy atom. The van der Waals surface area contributed by atoms with Crippen molar-refractivity contribution < 1.29 is 13.6 Å². The lowest BCUT2D eigenvalue weighted by atomic mass is 10.1. The van der Waals surface area contributed by atoms with Crippen LogP contribution in [0.5, 0.6) is 0 Å². The maximum Gasteiger partial charge on any atom is 0.228 e. The van der Waals surface area contributed by atoms with E-state index in [1.807, 2.05) is 0 Å². The fraction of sp³-hybridized carbons (Fsp3) is 0.0714. The first kappa shape index (κ1) is 13.0. The van der Waals surface area contributed by atoms with Crippen LogP contribution in [0.15, 0.2) is 42.5 Å². The SMILES string of the molecule is Nc1cc(F)cc(NC(=O)Cc2ccccc2F)c1. The van der Waals surface area contributed by atoms with E-state index in [0.717, 1.165) is 12.1 Å². The van der Waals surface area contributed by atoms with Gasteiger partial charge in [-0.3, -0.25) is 4.79 Å². The summed E-state index contributed by atoms with van der Waals surface area (Å²) in [5.74, 6) is -1.42. The lowest BCUT2D eigenvalue weighted by Gasteiger charge is -2.07. The number of nitrogen functional groups attached to an aromatic ring is 1. The fourth-order valence-electron chi connectivity index (χ4n) is 1.70. The monoisotopic (exact) mass is 262 g/mol. The molecule has 2 aromatic rings. The molecule has 0 aromatic heterocycles. The largest absolute Gasteiger partial charge is 0.399 e. The zero-order valence-electron chi connectivity index (χ0n) is 9.99. The van der Waals surface area contributed by atoms with E-state index in [1.54, 1.807) is 12.1 Å². The van der Waals surface area contributed by atoms with Gasteiger partial charge in [-0.05, 0) is 29.8 Å². The molecular weight excluding hydrogens is 250 g/mol. The van der Waals surface area contributed by atoms with Gasteiger partial charge in [0.2, 0.25) is 5.91 Å². The highest BCUT2D eigenvalue weighted by Crippen LogP contribution is 2.16. The molecule has 2 rings (SSSR count). The molecule has 98 valence electrons. The molecule has 0 saturated heterocycles. The van der Waals surface area contributed by atoms with Gasteiger partial charge in [-0.1, -0.05) is 18.2 Å². The molecule has 0 atom stereocenters. The average Bonchev–Trinajstić information content (AvgIpc) is 2.30. The molecule has 5 heteroatoms. The maximum atomic E-state index is 13.4. The van der Waals surface area contributed by atoms with Gasteiger partial charge in [0.15, 0.2) is 0 Å². The average molecular weight is 262 g/mol. The number of halogens is 2. The molecule has 19 heavy (non-hydrogen) atoms. The van der Waals surface area contributed by atoms with Gasteiger partial charge in [0, 0.05) is 11.4 Å². The second-order valence-electron chi connectivity index (χ2n) is 4.09. The summed E-state index contributed by atoms with van der Waals surface area (Å²) in [4.78, 5) is 11.7. The lowest BCUT2D eigenvalue weighted by molar-refractivity contribution is -0.115. The minimum Gasteiger partial charge on any atom is -0.399 e. The lowest BCUT2D eigenvalue weighted by Crippen LogP contribution is -2.15. The van der Waals surface area contributed by atoms with Gasteiger partial charge in [0.05, 0.1) is 6.42 Å². The van der Waals surface area contributed by atoms with Gasteiger partial charge in [0.25, 0.3) is 0 Å². The number of carbonyl (C=O) groups is 1. The fourth-order valence-corrected chi connectivity index (χ4v) is 1.70. The molecule has 0 aliphatic heterocycles. The van der Waals surface area contributed by atoms with Crippen molar-refractivity contribution in [1.29, 1.82) is 0 Å². The number of nitrogens with two attached hydrogens (primary N) is 1. The van der Waals surface area contributed by atoms with Crippen molar-refractivity contribution in [3.8, 4) is 0 Å². The second-order valence-corrected chi connectivity index (χ2v) is 4.09. The molecule has 0 saturated carbocycles. The molecule has 0 spiro atoms. The topological polar surface area (TPSA) is 55.1 Å². The van der Waals surface area contributed by atoms with Crippen LogP contribution in [-0.2, 0) is 11.2 Å². The van der Waals surface area contributed by atoms with Crippen LogP contribution in [0.1, 0.15) is 5.56 Å². The number of carbonyl (C=O) groups excluding carboxylic acids is 1. The van der Waals surface area contributed by atoms with Crippen LogP contribution in [-0.4, -0.2) is 5.91 Å². The smallest absolute Gasteiger partial charge is 0.228 e. The highest BCUT2D eigenvalue weighted by atomic mass is 19.1. The molecular formula is C14H12F2N2O. The summed E-state index contributed by atoms with van der Waals surface area (Å²) < 4.78 is 26.4. The highest BCUT2D eigenvalue weighted by Gasteiger charge is 2.08. The number of hydrogen-bond acceptors (Lipinski definition) is 2. The molecule has 0 unspecified atom stereocenters. The summed E-state index contributed by atoms with van der Waals surface area (Å²) in [6, 6.07) is 9.72. The van der Waals surface area contributed by atoms with Crippen LogP contribution in [0, 0.1) is 11.6 Å². The minimum atomic E-state index is -0.541. The Morgan fingerprint density at radius 3 is 2.58 bits per heavy atom. The zero-order valence-corrected chi connectivity index (χ0v) is 9.99. The minimum absolute atomic E-state index is 0.122. The van der Waals surface area contributed by atoms with E-state index in [-0.39, 0.29) is 23.4 Å². The second kappa shape index (κ2) is 5.48. The summed E-state index contributed by atoms with van der Waals surface area (Å²) in [5, 5.41) is 2.47. The van der Waals surface area contributed by atoms with Crippen molar-refractivity contribution in [3.05, 3.63) is 59.7 Å². The first-order valence-electron chi connectivity index (χ1n) is 5.64. The van der Waals surface area contributed by atoms with Crippen molar-refractivity contribution in [2.45, 2.75) is 6.42 Å². The number of hydrogen-bond donors (Lipinski definition) is 2. The Kier molecular flexibility index (Phi) is 3.75. The number of anilines is 2. The normalized spacial score (nSPS) is 10.2. The molecule has 0 heterocycles. The number of amides is 1. The predicted octanol–water partition coefficient (Wildman–Crippen LogP) is 2.73. The Hall–Kier alpha value is -2.43. The van der Waals surface area contributed by atoms with Crippen LogP contribution in [0.4, 0.5) is 20.2 Å². The van der Waals surface area contributed by atoms with E-state index in [0.29, 0.717) is 0 Å². The quantitative estimate of drug-likeness (QED) is 0.836. The van der Waals surface area contributed by atoms with Crippen LogP contribution in [0.2, 0.25) is 0 Å². The summed E-state index contributed by atoms with van der Waals surface area (Å²) in [6.07, 6.45) is -0.122. The van der Waals surface area contributed by atoms with Crippen molar-refractivity contribution in [2.75, 3.05) is 11.1 Å². The van der Waals surface area contributed by atoms with E-state index < -0.39 is 17.5 Å². The Morgan fingerprint density at radius 1 is 1.16 bits per heavy atom. The number of nitrogens with one attached hydrogen (secondary N) is 1. The highest BCUT2D eigenvalue weighted by molar-refractivity contribution is 5.92. The van der Waals surface area contributed by atoms with Crippen LogP contribution >= 0.6 is 0 Å². The third-order valence-corrected chi connectivity index (χ3v) is 2.51. The van der Waals surface area contributed by atoms with E-state index in [4.69, 9.17) is 5.73 Å². The summed E-state index contributed by atoms with van der Waals surface area (Å²) in [5.41, 5.74) is 6.20. The van der Waals surface area contributed by atoms with Crippen molar-refractivity contribution in [1.82, 2.24) is 0 Å². The molecule has 1 amide bonds. The van der Waals surface area contributed by atoms with E-state index in [2.05, 4.69) is 5.32 Å². The molecule has 2 aromatic carbocycles. The molecule has 0 fully saturated rings. The predicted molar refractivity (Wildman–Crippen MR) is 69.5 cm³/mol. The van der Waals surface area contributed by atoms with Gasteiger partial charge in [0.1, 0.15) is 11.6 Å². The maximum absolute atomic E-state index is 13.4. The van der Waals surface area contributed by atoms with Crippen LogP contribution in [0.3, 0.4) is 0 Å². The van der Waals surface area contributed by atoms with Crippen molar-refractivity contribution in [2.24, 2.45) is 0 Å². The van der Waals surface area contributed by atoms with Gasteiger partial charge >= 0.3 is 0 Å². The van der Waals surface area contributed by atoms with E-state index >= 15 is 0 Å². The molecule has 0 bridgehead atoms. The Balaban J connectivity index is 2.07. The van der Waals surface area contributed by atoms with Gasteiger partial charge in [-0.2, -0.15) is 0 Å². The van der Waals surface area contributed by atoms with Crippen molar-refractivity contribution in [3.63, 3.8) is 0 Å². The Bertz CT molecular complexity index is 594. The third kappa shape index (κ3) is 3.51. The van der Waals surface area contributed by atoms with Crippen LogP contribution < -0.4 is 11.1 Å². The van der Waals surface area contributed by atoms with Gasteiger partial charge in [-0.25, -0.2) is 8.78 Å². The standard InChI is InChI=1S/C14H12F2N2O/c15-10-6-11(17)8-12(7-10)18-14(19)5-9-3-1-2-4-13(9)16/h1-4,6-8H,5,17H2,(H,18,19). The van der Waals surface area contributed by atoms with E-state index in [9.17, 15) is 13.6 Å². The van der Waals surface area contributed by atoms with Gasteiger partial charge < -0.3 is 11.1 Å². The molecule has 3 N–H and O–H groups in total. The first-order chi connectivity index (χ1) is 9.04. The van der Waals surface area contributed by atoms with Crippen molar-refractivity contribution >= 4 is 17.3 Å². The van der Waals surface area contributed by atoms with Gasteiger partial charge in [-0.15, -0.1) is 0 Å². The van der Waals surface area contributed by atoms with Crippen LogP contribution in [0.25, 0.3) is 0 Å².